The Labute approximate surface area is 187 Å². The second-order valence-electron chi connectivity index (χ2n) is 7.83. The summed E-state index contributed by atoms with van der Waals surface area (Å²) in [6.07, 6.45) is 0.176. The maximum Gasteiger partial charge on any atom is 0.329 e. The zero-order valence-electron chi connectivity index (χ0n) is 18.4. The van der Waals surface area contributed by atoms with Crippen molar-refractivity contribution in [2.45, 2.75) is 39.8 Å². The number of amides is 1. The average molecular weight is 431 g/mol. The van der Waals surface area contributed by atoms with Crippen LogP contribution in [0.25, 0.3) is 5.69 Å². The van der Waals surface area contributed by atoms with Crippen molar-refractivity contribution in [3.05, 3.63) is 83.2 Å². The van der Waals surface area contributed by atoms with Crippen molar-refractivity contribution in [2.24, 2.45) is 5.92 Å². The summed E-state index contributed by atoms with van der Waals surface area (Å²) in [4.78, 5) is 25.3. The first-order valence-corrected chi connectivity index (χ1v) is 10.4. The van der Waals surface area contributed by atoms with Crippen molar-refractivity contribution in [2.75, 3.05) is 0 Å². The number of esters is 1. The number of hydrogen-bond acceptors (Lipinski definition) is 5. The number of aromatic nitrogens is 2. The van der Waals surface area contributed by atoms with E-state index in [4.69, 9.17) is 4.74 Å². The van der Waals surface area contributed by atoms with E-state index in [9.17, 15) is 14.9 Å². The van der Waals surface area contributed by atoms with Crippen molar-refractivity contribution < 1.29 is 14.3 Å². The summed E-state index contributed by atoms with van der Waals surface area (Å²) in [5.74, 6) is -0.975. The second kappa shape index (κ2) is 10.4. The van der Waals surface area contributed by atoms with E-state index in [1.54, 1.807) is 11.6 Å². The molecule has 0 saturated heterocycles. The second-order valence-corrected chi connectivity index (χ2v) is 7.83. The summed E-state index contributed by atoms with van der Waals surface area (Å²) in [5, 5.41) is 16.8. The molecule has 1 unspecified atom stereocenters. The van der Waals surface area contributed by atoms with Gasteiger partial charge in [-0.3, -0.25) is 4.79 Å². The van der Waals surface area contributed by atoms with Crippen molar-refractivity contribution >= 4 is 11.9 Å². The largest absolute Gasteiger partial charge is 0.458 e. The Balaban J connectivity index is 1.73. The van der Waals surface area contributed by atoms with Crippen LogP contribution in [0.4, 0.5) is 0 Å². The quantitative estimate of drug-likeness (QED) is 0.552. The first-order valence-electron chi connectivity index (χ1n) is 10.4. The monoisotopic (exact) mass is 430 g/mol. The Bertz CT molecular complexity index is 1120. The van der Waals surface area contributed by atoms with Gasteiger partial charge in [0.1, 0.15) is 24.3 Å². The molecule has 0 bridgehead atoms. The van der Waals surface area contributed by atoms with Crippen LogP contribution in [0.3, 0.4) is 0 Å². The van der Waals surface area contributed by atoms with Gasteiger partial charge in [-0.05, 0) is 30.5 Å². The van der Waals surface area contributed by atoms with Gasteiger partial charge in [-0.2, -0.15) is 10.4 Å². The summed E-state index contributed by atoms with van der Waals surface area (Å²) >= 11 is 0. The van der Waals surface area contributed by atoms with Crippen LogP contribution in [-0.4, -0.2) is 27.7 Å². The highest BCUT2D eigenvalue weighted by atomic mass is 16.5. The molecule has 32 heavy (non-hydrogen) atoms. The van der Waals surface area contributed by atoms with Crippen molar-refractivity contribution in [1.82, 2.24) is 15.1 Å². The molecule has 0 spiro atoms. The van der Waals surface area contributed by atoms with E-state index in [2.05, 4.69) is 16.5 Å². The number of nitriles is 1. The third-order valence-electron chi connectivity index (χ3n) is 5.06. The van der Waals surface area contributed by atoms with E-state index in [0.29, 0.717) is 17.0 Å². The summed E-state index contributed by atoms with van der Waals surface area (Å²) in [6.45, 7) is 5.29. The number of nitrogens with zero attached hydrogens (tertiary/aromatic N) is 3. The molecular weight excluding hydrogens is 404 g/mol. The summed E-state index contributed by atoms with van der Waals surface area (Å²) in [5.41, 5.74) is 3.04. The lowest BCUT2D eigenvalue weighted by Gasteiger charge is -2.21. The smallest absolute Gasteiger partial charge is 0.329 e. The van der Waals surface area contributed by atoms with Crippen LogP contribution >= 0.6 is 0 Å². The number of carbonyl (C=O) groups excluding carboxylic acids is 2. The number of benzene rings is 2. The molecule has 3 aromatic rings. The SMILES string of the molecule is Cc1nn(-c2ccccc2)c(COC(=O)C(NC(=O)Cc2ccccc2)C(C)C)c1C#N. The highest BCUT2D eigenvalue weighted by Gasteiger charge is 2.27. The zero-order chi connectivity index (χ0) is 23.1. The van der Waals surface area contributed by atoms with E-state index in [1.165, 1.54) is 0 Å². The molecule has 7 heteroatoms. The lowest BCUT2D eigenvalue weighted by molar-refractivity contribution is -0.150. The van der Waals surface area contributed by atoms with Gasteiger partial charge in [0, 0.05) is 0 Å². The molecule has 0 aliphatic carbocycles. The van der Waals surface area contributed by atoms with Crippen LogP contribution in [0.1, 0.15) is 36.4 Å². The van der Waals surface area contributed by atoms with Crippen LogP contribution in [-0.2, 0) is 27.4 Å². The van der Waals surface area contributed by atoms with Crippen molar-refractivity contribution in [1.29, 1.82) is 5.26 Å². The molecule has 0 saturated carbocycles. The summed E-state index contributed by atoms with van der Waals surface area (Å²) in [6, 6.07) is 20.0. The highest BCUT2D eigenvalue weighted by Crippen LogP contribution is 2.19. The van der Waals surface area contributed by atoms with Gasteiger partial charge in [-0.15, -0.1) is 0 Å². The Morgan fingerprint density at radius 1 is 1.09 bits per heavy atom. The van der Waals surface area contributed by atoms with Crippen LogP contribution in [0.2, 0.25) is 0 Å². The fraction of sp³-hybridized carbons (Fsp3) is 0.280. The number of carbonyl (C=O) groups is 2. The predicted octanol–water partition coefficient (Wildman–Crippen LogP) is 3.48. The van der Waals surface area contributed by atoms with Crippen LogP contribution in [0.15, 0.2) is 60.7 Å². The van der Waals surface area contributed by atoms with Crippen LogP contribution in [0, 0.1) is 24.2 Å². The minimum atomic E-state index is -0.800. The van der Waals surface area contributed by atoms with E-state index < -0.39 is 12.0 Å². The van der Waals surface area contributed by atoms with E-state index in [-0.39, 0.29) is 24.9 Å². The molecule has 1 heterocycles. The molecule has 7 nitrogen and oxygen atoms in total. The minimum absolute atomic E-state index is 0.130. The van der Waals surface area contributed by atoms with Gasteiger partial charge in [-0.25, -0.2) is 9.48 Å². The Morgan fingerprint density at radius 2 is 1.72 bits per heavy atom. The van der Waals surface area contributed by atoms with Gasteiger partial charge in [-0.1, -0.05) is 62.4 Å². The number of nitrogens with one attached hydrogen (secondary N) is 1. The van der Waals surface area contributed by atoms with Crippen LogP contribution < -0.4 is 5.32 Å². The molecule has 2 aromatic carbocycles. The van der Waals surface area contributed by atoms with Gasteiger partial charge in [0.05, 0.1) is 23.5 Å². The van der Waals surface area contributed by atoms with Crippen molar-refractivity contribution in [3.8, 4) is 11.8 Å². The lowest BCUT2D eigenvalue weighted by Crippen LogP contribution is -2.45. The number of hydrogen-bond donors (Lipinski definition) is 1. The van der Waals surface area contributed by atoms with E-state index in [0.717, 1.165) is 11.3 Å². The Kier molecular flexibility index (Phi) is 7.40. The molecule has 0 aliphatic heterocycles. The van der Waals surface area contributed by atoms with Gasteiger partial charge in [0.2, 0.25) is 5.91 Å². The number of ether oxygens (including phenoxy) is 1. The molecule has 164 valence electrons. The number of rotatable bonds is 8. The molecule has 0 aliphatic rings. The first kappa shape index (κ1) is 22.8. The molecule has 1 amide bonds. The lowest BCUT2D eigenvalue weighted by atomic mass is 10.0. The van der Waals surface area contributed by atoms with Crippen LogP contribution in [0.5, 0.6) is 0 Å². The predicted molar refractivity (Wildman–Crippen MR) is 120 cm³/mol. The fourth-order valence-electron chi connectivity index (χ4n) is 3.37. The normalized spacial score (nSPS) is 11.6. The topological polar surface area (TPSA) is 97.0 Å². The Morgan fingerprint density at radius 3 is 2.31 bits per heavy atom. The third-order valence-corrected chi connectivity index (χ3v) is 5.06. The van der Waals surface area contributed by atoms with Gasteiger partial charge < -0.3 is 10.1 Å². The molecular formula is C25H26N4O3. The number of aryl methyl sites for hydroxylation is 1. The molecule has 1 N–H and O–H groups in total. The maximum absolute atomic E-state index is 12.9. The summed E-state index contributed by atoms with van der Waals surface area (Å²) in [7, 11) is 0. The van der Waals surface area contributed by atoms with Crippen molar-refractivity contribution in [3.63, 3.8) is 0 Å². The number of para-hydroxylation sites is 1. The van der Waals surface area contributed by atoms with Gasteiger partial charge in [0.25, 0.3) is 0 Å². The van der Waals surface area contributed by atoms with E-state index >= 15 is 0 Å². The van der Waals surface area contributed by atoms with Gasteiger partial charge in [0.15, 0.2) is 0 Å². The molecule has 1 aromatic heterocycles. The molecule has 0 radical (unpaired) electrons. The molecule has 3 rings (SSSR count). The first-order chi connectivity index (χ1) is 15.4. The minimum Gasteiger partial charge on any atom is -0.458 e. The maximum atomic E-state index is 12.9. The third kappa shape index (κ3) is 5.41. The Hall–Kier alpha value is -3.92. The molecule has 0 fully saturated rings. The fourth-order valence-corrected chi connectivity index (χ4v) is 3.37. The van der Waals surface area contributed by atoms with E-state index in [1.807, 2.05) is 74.5 Å². The highest BCUT2D eigenvalue weighted by molar-refractivity contribution is 5.85. The standard InChI is InChI=1S/C25H26N4O3/c1-17(2)24(27-23(30)14-19-10-6-4-7-11-19)25(31)32-16-22-21(15-26)18(3)28-29(22)20-12-8-5-9-13-20/h4-13,17,24H,14,16H2,1-3H3,(H,27,30). The summed E-state index contributed by atoms with van der Waals surface area (Å²) < 4.78 is 7.17. The average Bonchev–Trinajstić information content (AvgIpc) is 3.12. The van der Waals surface area contributed by atoms with Gasteiger partial charge >= 0.3 is 5.97 Å². The zero-order valence-corrected chi connectivity index (χ0v) is 18.4. The molecule has 1 atom stereocenters.